The molecule has 0 bridgehead atoms. The molecule has 0 unspecified atom stereocenters. The fraction of sp³-hybridized carbons (Fsp3) is 0. The zero-order chi connectivity index (χ0) is 37.3. The van der Waals surface area contributed by atoms with Gasteiger partial charge in [0.05, 0.1) is 33.8 Å². The largest absolute Gasteiger partial charge is 0.264 e. The van der Waals surface area contributed by atoms with Crippen molar-refractivity contribution < 1.29 is 0 Å². The highest BCUT2D eigenvalue weighted by atomic mass is 14.9. The van der Waals surface area contributed by atoms with E-state index in [1.54, 1.807) is 6.20 Å². The van der Waals surface area contributed by atoms with Gasteiger partial charge in [0.2, 0.25) is 0 Å². The molecule has 0 amide bonds. The van der Waals surface area contributed by atoms with Gasteiger partial charge >= 0.3 is 0 Å². The van der Waals surface area contributed by atoms with E-state index >= 15 is 0 Å². The molecule has 0 radical (unpaired) electrons. The normalized spacial score (nSPS) is 11.2. The summed E-state index contributed by atoms with van der Waals surface area (Å²) in [6.07, 6.45) is 3.62. The molecule has 0 aliphatic rings. The third-order valence-corrected chi connectivity index (χ3v) is 10.2. The molecule has 6 aromatic carbocycles. The van der Waals surface area contributed by atoms with Gasteiger partial charge in [-0.05, 0) is 58.7 Å². The number of fused-ring (bicyclic) bond motifs is 3. The van der Waals surface area contributed by atoms with Crippen LogP contribution in [0.2, 0.25) is 0 Å². The maximum atomic E-state index is 5.29. The molecule has 0 saturated carbocycles. The van der Waals surface area contributed by atoms with E-state index in [9.17, 15) is 0 Å². The monoisotopic (exact) mass is 715 g/mol. The minimum absolute atomic E-state index is 0.665. The summed E-state index contributed by atoms with van der Waals surface area (Å²) in [7, 11) is 0. The van der Waals surface area contributed by atoms with Crippen molar-refractivity contribution in [3.05, 3.63) is 200 Å². The molecule has 0 N–H and O–H groups in total. The Bertz CT molecular complexity index is 2930. The Morgan fingerprint density at radius 1 is 0.304 bits per heavy atom. The Morgan fingerprint density at radius 2 is 0.857 bits per heavy atom. The van der Waals surface area contributed by atoms with E-state index < -0.39 is 0 Å². The van der Waals surface area contributed by atoms with Gasteiger partial charge in [0, 0.05) is 51.0 Å². The van der Waals surface area contributed by atoms with Gasteiger partial charge in [0.15, 0.2) is 5.82 Å². The van der Waals surface area contributed by atoms with Crippen LogP contribution in [0.5, 0.6) is 0 Å². The van der Waals surface area contributed by atoms with E-state index in [1.807, 2.05) is 66.9 Å². The quantitative estimate of drug-likeness (QED) is 0.154. The van der Waals surface area contributed by atoms with Crippen molar-refractivity contribution in [1.82, 2.24) is 24.9 Å². The fourth-order valence-corrected chi connectivity index (χ4v) is 7.31. The van der Waals surface area contributed by atoms with Gasteiger partial charge in [-0.1, -0.05) is 152 Å². The molecule has 0 aliphatic heterocycles. The van der Waals surface area contributed by atoms with Crippen LogP contribution in [0, 0.1) is 0 Å². The summed E-state index contributed by atoms with van der Waals surface area (Å²) in [6.45, 7) is 0. The molecule has 0 saturated heterocycles. The average Bonchev–Trinajstić information content (AvgIpc) is 3.29. The molecule has 262 valence electrons. The van der Waals surface area contributed by atoms with Crippen LogP contribution in [-0.2, 0) is 0 Å². The van der Waals surface area contributed by atoms with Crippen LogP contribution in [0.1, 0.15) is 0 Å². The van der Waals surface area contributed by atoms with Gasteiger partial charge in [-0.2, -0.15) is 0 Å². The predicted molar refractivity (Wildman–Crippen MR) is 228 cm³/mol. The standard InChI is InChI=1S/C51H33N5/c1-4-12-35(13-5-1)45-28-26-38-25-27-43-44(31-46(36-14-6-2-7-15-36)54-50(43)49(38)53-45)41-19-10-18-40(30-41)34-21-23-39(24-22-34)51-55-47(37-16-8-3-9-17-37)32-48(56-51)42-20-11-29-52-33-42/h1-33H. The van der Waals surface area contributed by atoms with Gasteiger partial charge in [0.25, 0.3) is 0 Å². The van der Waals surface area contributed by atoms with E-state index in [-0.39, 0.29) is 0 Å². The SMILES string of the molecule is c1ccc(-c2cc(-c3cccnc3)nc(-c3ccc(-c4cccc(-c5cc(-c6ccccc6)nc6c5ccc5ccc(-c7ccccc7)nc56)c4)cc3)n2)cc1. The van der Waals surface area contributed by atoms with Crippen molar-refractivity contribution in [3.8, 4) is 78.7 Å². The second-order valence-corrected chi connectivity index (χ2v) is 13.7. The van der Waals surface area contributed by atoms with E-state index in [4.69, 9.17) is 19.9 Å². The molecular formula is C51H33N5. The minimum Gasteiger partial charge on any atom is -0.264 e. The zero-order valence-electron chi connectivity index (χ0n) is 30.3. The van der Waals surface area contributed by atoms with Gasteiger partial charge in [-0.3, -0.25) is 4.98 Å². The Morgan fingerprint density at radius 3 is 1.54 bits per heavy atom. The van der Waals surface area contributed by atoms with Crippen molar-refractivity contribution >= 4 is 21.8 Å². The lowest BCUT2D eigenvalue weighted by Gasteiger charge is -2.14. The van der Waals surface area contributed by atoms with E-state index in [2.05, 4.69) is 132 Å². The predicted octanol–water partition coefficient (Wildman–Crippen LogP) is 12.6. The maximum Gasteiger partial charge on any atom is 0.160 e. The highest BCUT2D eigenvalue weighted by Crippen LogP contribution is 2.37. The molecule has 5 nitrogen and oxygen atoms in total. The smallest absolute Gasteiger partial charge is 0.160 e. The molecule has 0 fully saturated rings. The second-order valence-electron chi connectivity index (χ2n) is 13.7. The highest BCUT2D eigenvalue weighted by Gasteiger charge is 2.16. The number of hydrogen-bond donors (Lipinski definition) is 0. The first-order valence-corrected chi connectivity index (χ1v) is 18.7. The molecule has 10 rings (SSSR count). The summed E-state index contributed by atoms with van der Waals surface area (Å²) in [5.41, 5.74) is 14.8. The summed E-state index contributed by atoms with van der Waals surface area (Å²) >= 11 is 0. The molecule has 4 heterocycles. The van der Waals surface area contributed by atoms with Crippen LogP contribution in [0.4, 0.5) is 0 Å². The van der Waals surface area contributed by atoms with E-state index in [0.717, 1.165) is 94.7 Å². The van der Waals surface area contributed by atoms with Crippen LogP contribution in [-0.4, -0.2) is 24.9 Å². The summed E-state index contributed by atoms with van der Waals surface area (Å²) in [5, 5.41) is 2.11. The molecule has 4 aromatic heterocycles. The van der Waals surface area contributed by atoms with Crippen molar-refractivity contribution in [2.45, 2.75) is 0 Å². The molecule has 0 spiro atoms. The van der Waals surface area contributed by atoms with Gasteiger partial charge in [-0.15, -0.1) is 0 Å². The Balaban J connectivity index is 1.07. The van der Waals surface area contributed by atoms with Crippen molar-refractivity contribution in [2.75, 3.05) is 0 Å². The lowest BCUT2D eigenvalue weighted by atomic mass is 9.94. The summed E-state index contributed by atoms with van der Waals surface area (Å²) in [6, 6.07) is 65.0. The van der Waals surface area contributed by atoms with Crippen LogP contribution < -0.4 is 0 Å². The topological polar surface area (TPSA) is 64.5 Å². The molecule has 10 aromatic rings. The number of pyridine rings is 3. The first-order chi connectivity index (χ1) is 27.7. The van der Waals surface area contributed by atoms with Gasteiger partial charge in [0.1, 0.15) is 0 Å². The molecular weight excluding hydrogens is 683 g/mol. The number of nitrogens with zero attached hydrogens (tertiary/aromatic N) is 5. The molecule has 5 heteroatoms. The molecule has 0 atom stereocenters. The number of rotatable bonds is 7. The van der Waals surface area contributed by atoms with Crippen LogP contribution in [0.15, 0.2) is 200 Å². The summed E-state index contributed by atoms with van der Waals surface area (Å²) < 4.78 is 0. The third-order valence-electron chi connectivity index (χ3n) is 10.2. The molecule has 0 aliphatic carbocycles. The lowest BCUT2D eigenvalue weighted by Crippen LogP contribution is -1.96. The number of benzene rings is 6. The van der Waals surface area contributed by atoms with Crippen molar-refractivity contribution in [2.24, 2.45) is 0 Å². The second kappa shape index (κ2) is 14.3. The van der Waals surface area contributed by atoms with E-state index in [1.165, 1.54) is 0 Å². The first kappa shape index (κ1) is 33.0. The number of aromatic nitrogens is 5. The Labute approximate surface area is 324 Å². The van der Waals surface area contributed by atoms with Crippen LogP contribution in [0.25, 0.3) is 100 Å². The van der Waals surface area contributed by atoms with E-state index in [0.29, 0.717) is 5.82 Å². The van der Waals surface area contributed by atoms with Crippen LogP contribution in [0.3, 0.4) is 0 Å². The molecule has 56 heavy (non-hydrogen) atoms. The van der Waals surface area contributed by atoms with Gasteiger partial charge < -0.3 is 0 Å². The van der Waals surface area contributed by atoms with Crippen molar-refractivity contribution in [3.63, 3.8) is 0 Å². The zero-order valence-corrected chi connectivity index (χ0v) is 30.3. The third kappa shape index (κ3) is 6.37. The fourth-order valence-electron chi connectivity index (χ4n) is 7.31. The van der Waals surface area contributed by atoms with Crippen LogP contribution >= 0.6 is 0 Å². The minimum atomic E-state index is 0.665. The summed E-state index contributed by atoms with van der Waals surface area (Å²) in [5.74, 6) is 0.665. The number of hydrogen-bond acceptors (Lipinski definition) is 5. The lowest BCUT2D eigenvalue weighted by molar-refractivity contribution is 1.18. The highest BCUT2D eigenvalue weighted by molar-refractivity contribution is 6.10. The first-order valence-electron chi connectivity index (χ1n) is 18.7. The van der Waals surface area contributed by atoms with Crippen molar-refractivity contribution in [1.29, 1.82) is 0 Å². The Kier molecular flexibility index (Phi) is 8.43. The van der Waals surface area contributed by atoms with Gasteiger partial charge in [-0.25, -0.2) is 19.9 Å². The Hall–Kier alpha value is -7.63. The average molecular weight is 716 g/mol. The summed E-state index contributed by atoms with van der Waals surface area (Å²) in [4.78, 5) is 24.9. The maximum absolute atomic E-state index is 5.29.